The van der Waals surface area contributed by atoms with Gasteiger partial charge in [0.15, 0.2) is 0 Å². The van der Waals surface area contributed by atoms with Crippen LogP contribution in [0, 0.1) is 22.7 Å². The van der Waals surface area contributed by atoms with Gasteiger partial charge in [0.1, 0.15) is 5.78 Å². The lowest BCUT2D eigenvalue weighted by Crippen LogP contribution is -2.41. The lowest BCUT2D eigenvalue weighted by atomic mass is 9.73. The van der Waals surface area contributed by atoms with Crippen molar-refractivity contribution in [2.45, 2.75) is 106 Å². The highest BCUT2D eigenvalue weighted by Gasteiger charge is 2.34. The molecule has 1 N–H and O–H groups in total. The molecule has 3 nitrogen and oxygen atoms in total. The molecule has 1 amide bonds. The summed E-state index contributed by atoms with van der Waals surface area (Å²) in [4.78, 5) is 25.2. The molecule has 0 aliphatic heterocycles. The highest BCUT2D eigenvalue weighted by molar-refractivity contribution is 5.86. The molecule has 1 unspecified atom stereocenters. The summed E-state index contributed by atoms with van der Waals surface area (Å²) >= 11 is 0. The molecular formula is C23H43NO2. The highest BCUT2D eigenvalue weighted by atomic mass is 16.2. The summed E-state index contributed by atoms with van der Waals surface area (Å²) in [6.07, 6.45) is 10.8. The van der Waals surface area contributed by atoms with E-state index in [1.807, 2.05) is 20.8 Å². The molecule has 26 heavy (non-hydrogen) atoms. The van der Waals surface area contributed by atoms with E-state index in [9.17, 15) is 9.59 Å². The van der Waals surface area contributed by atoms with Gasteiger partial charge in [0.05, 0.1) is 0 Å². The fourth-order valence-corrected chi connectivity index (χ4v) is 4.08. The van der Waals surface area contributed by atoms with Gasteiger partial charge in [-0.05, 0) is 44.4 Å². The van der Waals surface area contributed by atoms with E-state index < -0.39 is 0 Å². The Balaban J connectivity index is 2.39. The van der Waals surface area contributed by atoms with Crippen LogP contribution in [0.4, 0.5) is 0 Å². The van der Waals surface area contributed by atoms with Crippen LogP contribution in [-0.2, 0) is 9.59 Å². The largest absolute Gasteiger partial charge is 0.355 e. The van der Waals surface area contributed by atoms with Gasteiger partial charge in [-0.1, -0.05) is 67.2 Å². The number of hydrogen-bond donors (Lipinski definition) is 1. The van der Waals surface area contributed by atoms with Crippen molar-refractivity contribution in [3.63, 3.8) is 0 Å². The fraction of sp³-hybridized carbons (Fsp3) is 0.913. The Morgan fingerprint density at radius 3 is 2.04 bits per heavy atom. The molecule has 0 aromatic heterocycles. The maximum atomic E-state index is 12.7. The number of rotatable bonds is 10. The first-order valence-electron chi connectivity index (χ1n) is 11.0. The third kappa shape index (κ3) is 7.04. The standard InChI is InChI=1S/C23H43NO2/c1-7-9-10-11-16-23(6,8-2)21(26)24-17-18-12-14-19(15-13-18)20(25)22(3,4)5/h18-19H,7-17H2,1-6H3,(H,24,26). The predicted molar refractivity (Wildman–Crippen MR) is 110 cm³/mol. The summed E-state index contributed by atoms with van der Waals surface area (Å²) in [7, 11) is 0. The normalized spacial score (nSPS) is 23.3. The molecule has 1 rings (SSSR count). The van der Waals surface area contributed by atoms with Crippen molar-refractivity contribution < 1.29 is 9.59 Å². The number of carbonyl (C=O) groups is 2. The minimum Gasteiger partial charge on any atom is -0.355 e. The maximum Gasteiger partial charge on any atom is 0.225 e. The van der Waals surface area contributed by atoms with E-state index in [2.05, 4.69) is 26.1 Å². The van der Waals surface area contributed by atoms with Gasteiger partial charge in [0, 0.05) is 23.3 Å². The summed E-state index contributed by atoms with van der Waals surface area (Å²) in [6, 6.07) is 0. The molecule has 0 aromatic rings. The van der Waals surface area contributed by atoms with Gasteiger partial charge in [-0.2, -0.15) is 0 Å². The smallest absolute Gasteiger partial charge is 0.225 e. The van der Waals surface area contributed by atoms with Crippen molar-refractivity contribution in [2.24, 2.45) is 22.7 Å². The number of hydrogen-bond acceptors (Lipinski definition) is 2. The number of ketones is 1. The van der Waals surface area contributed by atoms with Crippen LogP contribution >= 0.6 is 0 Å². The summed E-state index contributed by atoms with van der Waals surface area (Å²) in [6.45, 7) is 13.3. The Bertz CT molecular complexity index is 444. The Morgan fingerprint density at radius 1 is 0.923 bits per heavy atom. The number of amides is 1. The van der Waals surface area contributed by atoms with Crippen molar-refractivity contribution in [3.05, 3.63) is 0 Å². The van der Waals surface area contributed by atoms with Crippen molar-refractivity contribution >= 4 is 11.7 Å². The number of unbranched alkanes of at least 4 members (excludes halogenated alkanes) is 3. The molecule has 152 valence electrons. The van der Waals surface area contributed by atoms with E-state index in [1.165, 1.54) is 19.3 Å². The Labute approximate surface area is 162 Å². The van der Waals surface area contributed by atoms with Gasteiger partial charge >= 0.3 is 0 Å². The zero-order valence-corrected chi connectivity index (χ0v) is 18.2. The fourth-order valence-electron chi connectivity index (χ4n) is 4.08. The molecule has 0 spiro atoms. The summed E-state index contributed by atoms with van der Waals surface area (Å²) in [5.74, 6) is 1.39. The number of Topliss-reactive ketones (excluding diaryl/α,β-unsaturated/α-hetero) is 1. The molecule has 0 aromatic carbocycles. The molecule has 0 radical (unpaired) electrons. The van der Waals surface area contributed by atoms with Crippen LogP contribution in [0.1, 0.15) is 106 Å². The first-order chi connectivity index (χ1) is 12.1. The van der Waals surface area contributed by atoms with Crippen LogP contribution in [0.2, 0.25) is 0 Å². The molecule has 1 aliphatic rings. The van der Waals surface area contributed by atoms with Gasteiger partial charge in [0.25, 0.3) is 0 Å². The quantitative estimate of drug-likeness (QED) is 0.489. The predicted octanol–water partition coefficient (Wildman–Crippen LogP) is 5.91. The van der Waals surface area contributed by atoms with Crippen molar-refractivity contribution in [1.82, 2.24) is 5.32 Å². The summed E-state index contributed by atoms with van der Waals surface area (Å²) < 4.78 is 0. The lowest BCUT2D eigenvalue weighted by Gasteiger charge is -2.33. The van der Waals surface area contributed by atoms with E-state index >= 15 is 0 Å². The number of carbonyl (C=O) groups excluding carboxylic acids is 2. The summed E-state index contributed by atoms with van der Waals surface area (Å²) in [5, 5.41) is 3.24. The molecule has 1 fully saturated rings. The van der Waals surface area contributed by atoms with E-state index in [-0.39, 0.29) is 22.7 Å². The topological polar surface area (TPSA) is 46.2 Å². The molecular weight excluding hydrogens is 322 g/mol. The molecule has 0 bridgehead atoms. The van der Waals surface area contributed by atoms with E-state index in [0.29, 0.717) is 11.7 Å². The van der Waals surface area contributed by atoms with Crippen LogP contribution < -0.4 is 5.32 Å². The molecule has 3 heteroatoms. The van der Waals surface area contributed by atoms with Crippen molar-refractivity contribution in [3.8, 4) is 0 Å². The molecule has 0 heterocycles. The molecule has 1 atom stereocenters. The second-order valence-corrected chi connectivity index (χ2v) is 9.77. The first-order valence-corrected chi connectivity index (χ1v) is 11.0. The maximum absolute atomic E-state index is 12.7. The molecule has 0 saturated heterocycles. The van der Waals surface area contributed by atoms with Gasteiger partial charge < -0.3 is 5.32 Å². The Hall–Kier alpha value is -0.860. The van der Waals surface area contributed by atoms with Crippen molar-refractivity contribution in [2.75, 3.05) is 6.54 Å². The minimum absolute atomic E-state index is 0.224. The zero-order valence-electron chi connectivity index (χ0n) is 18.2. The highest BCUT2D eigenvalue weighted by Crippen LogP contribution is 2.34. The van der Waals surface area contributed by atoms with Gasteiger partial charge in [-0.25, -0.2) is 0 Å². The first kappa shape index (κ1) is 23.2. The van der Waals surface area contributed by atoms with Crippen LogP contribution in [0.3, 0.4) is 0 Å². The summed E-state index contributed by atoms with van der Waals surface area (Å²) in [5.41, 5.74) is -0.459. The second kappa shape index (κ2) is 10.5. The number of nitrogens with one attached hydrogen (secondary N) is 1. The lowest BCUT2D eigenvalue weighted by molar-refractivity contribution is -0.133. The zero-order chi connectivity index (χ0) is 19.8. The second-order valence-electron chi connectivity index (χ2n) is 9.77. The van der Waals surface area contributed by atoms with Gasteiger partial charge in [0.2, 0.25) is 5.91 Å². The van der Waals surface area contributed by atoms with E-state index in [4.69, 9.17) is 0 Å². The third-order valence-corrected chi connectivity index (χ3v) is 6.42. The van der Waals surface area contributed by atoms with E-state index in [0.717, 1.165) is 51.5 Å². The van der Waals surface area contributed by atoms with Crippen LogP contribution in [0.5, 0.6) is 0 Å². The van der Waals surface area contributed by atoms with Gasteiger partial charge in [-0.3, -0.25) is 9.59 Å². The Kier molecular flexibility index (Phi) is 9.33. The average Bonchev–Trinajstić information content (AvgIpc) is 2.62. The van der Waals surface area contributed by atoms with Gasteiger partial charge in [-0.15, -0.1) is 0 Å². The van der Waals surface area contributed by atoms with E-state index in [1.54, 1.807) is 0 Å². The SMILES string of the molecule is CCCCCCC(C)(CC)C(=O)NCC1CCC(C(=O)C(C)(C)C)CC1. The monoisotopic (exact) mass is 365 g/mol. The molecule has 1 aliphatic carbocycles. The average molecular weight is 366 g/mol. The van der Waals surface area contributed by atoms with Crippen LogP contribution in [0.25, 0.3) is 0 Å². The van der Waals surface area contributed by atoms with Crippen LogP contribution in [0.15, 0.2) is 0 Å². The van der Waals surface area contributed by atoms with Crippen molar-refractivity contribution in [1.29, 1.82) is 0 Å². The minimum atomic E-state index is -0.230. The Morgan fingerprint density at radius 2 is 1.54 bits per heavy atom. The molecule has 1 saturated carbocycles. The van der Waals surface area contributed by atoms with Crippen LogP contribution in [-0.4, -0.2) is 18.2 Å². The third-order valence-electron chi connectivity index (χ3n) is 6.42.